The molecule has 0 aromatic heterocycles. The molecule has 2 amide bonds. The molecule has 3 rings (SSSR count). The maximum absolute atomic E-state index is 13.1. The SMILES string of the molecule is O=C(O)CN(C(=O)[C@@H]1CC(=O)N(C2CCCCCC2)C1)C1CCOCC1. The van der Waals surface area contributed by atoms with Crippen LogP contribution in [0.4, 0.5) is 0 Å². The van der Waals surface area contributed by atoms with E-state index < -0.39 is 11.9 Å². The zero-order chi connectivity index (χ0) is 18.5. The van der Waals surface area contributed by atoms with Crippen molar-refractivity contribution < 1.29 is 24.2 Å². The third kappa shape index (κ3) is 4.55. The Morgan fingerprint density at radius 3 is 2.35 bits per heavy atom. The lowest BCUT2D eigenvalue weighted by Gasteiger charge is -2.35. The van der Waals surface area contributed by atoms with Crippen LogP contribution in [-0.2, 0) is 19.1 Å². The van der Waals surface area contributed by atoms with Crippen LogP contribution in [-0.4, -0.2) is 71.1 Å². The highest BCUT2D eigenvalue weighted by Crippen LogP contribution is 2.30. The van der Waals surface area contributed by atoms with Crippen LogP contribution < -0.4 is 0 Å². The number of hydrogen-bond donors (Lipinski definition) is 1. The number of carbonyl (C=O) groups is 3. The van der Waals surface area contributed by atoms with E-state index in [0.717, 1.165) is 25.7 Å². The Morgan fingerprint density at radius 1 is 1.08 bits per heavy atom. The van der Waals surface area contributed by atoms with Gasteiger partial charge in [-0.3, -0.25) is 14.4 Å². The van der Waals surface area contributed by atoms with Crippen LogP contribution in [0.3, 0.4) is 0 Å². The van der Waals surface area contributed by atoms with Crippen molar-refractivity contribution in [3.8, 4) is 0 Å². The first-order valence-electron chi connectivity index (χ1n) is 9.95. The van der Waals surface area contributed by atoms with Crippen molar-refractivity contribution in [1.82, 2.24) is 9.80 Å². The smallest absolute Gasteiger partial charge is 0.323 e. The van der Waals surface area contributed by atoms with Gasteiger partial charge in [-0.15, -0.1) is 0 Å². The van der Waals surface area contributed by atoms with Crippen molar-refractivity contribution >= 4 is 17.8 Å². The first-order valence-corrected chi connectivity index (χ1v) is 9.95. The van der Waals surface area contributed by atoms with Crippen molar-refractivity contribution in [3.63, 3.8) is 0 Å². The van der Waals surface area contributed by atoms with Gasteiger partial charge in [-0.25, -0.2) is 0 Å². The van der Waals surface area contributed by atoms with Crippen LogP contribution in [0, 0.1) is 5.92 Å². The molecule has 1 N–H and O–H groups in total. The Kier molecular flexibility index (Phi) is 6.51. The quantitative estimate of drug-likeness (QED) is 0.748. The summed E-state index contributed by atoms with van der Waals surface area (Å²) in [5.41, 5.74) is 0. The highest BCUT2D eigenvalue weighted by molar-refractivity contribution is 5.91. The molecule has 0 aromatic rings. The molecular weight excluding hydrogens is 336 g/mol. The average Bonchev–Trinajstić information content (AvgIpc) is 2.84. The minimum Gasteiger partial charge on any atom is -0.480 e. The summed E-state index contributed by atoms with van der Waals surface area (Å²) in [6, 6.07) is 0.146. The molecule has 146 valence electrons. The van der Waals surface area contributed by atoms with E-state index in [4.69, 9.17) is 4.74 Å². The van der Waals surface area contributed by atoms with Gasteiger partial charge in [0.05, 0.1) is 5.92 Å². The predicted molar refractivity (Wildman–Crippen MR) is 94.5 cm³/mol. The van der Waals surface area contributed by atoms with Gasteiger partial charge in [-0.05, 0) is 25.7 Å². The molecule has 1 saturated carbocycles. The van der Waals surface area contributed by atoms with E-state index in [1.807, 2.05) is 4.90 Å². The molecule has 7 heteroatoms. The van der Waals surface area contributed by atoms with Crippen LogP contribution >= 0.6 is 0 Å². The number of likely N-dealkylation sites (tertiary alicyclic amines) is 1. The Bertz CT molecular complexity index is 524. The van der Waals surface area contributed by atoms with Gasteiger partial charge in [0.2, 0.25) is 11.8 Å². The molecule has 26 heavy (non-hydrogen) atoms. The molecule has 1 atom stereocenters. The molecule has 0 aromatic carbocycles. The second kappa shape index (κ2) is 8.84. The number of ether oxygens (including phenoxy) is 1. The molecule has 2 saturated heterocycles. The molecule has 0 spiro atoms. The monoisotopic (exact) mass is 366 g/mol. The molecule has 0 unspecified atom stereocenters. The van der Waals surface area contributed by atoms with E-state index in [1.165, 1.54) is 17.7 Å². The topological polar surface area (TPSA) is 87.2 Å². The van der Waals surface area contributed by atoms with Gasteiger partial charge in [0.15, 0.2) is 0 Å². The number of carboxylic acids is 1. The zero-order valence-electron chi connectivity index (χ0n) is 15.4. The molecule has 1 aliphatic carbocycles. The van der Waals surface area contributed by atoms with Gasteiger partial charge >= 0.3 is 5.97 Å². The molecule has 0 radical (unpaired) electrons. The van der Waals surface area contributed by atoms with E-state index in [9.17, 15) is 19.5 Å². The Hall–Kier alpha value is -1.63. The highest BCUT2D eigenvalue weighted by atomic mass is 16.5. The van der Waals surface area contributed by atoms with Crippen molar-refractivity contribution in [2.45, 2.75) is 69.9 Å². The molecule has 3 fully saturated rings. The van der Waals surface area contributed by atoms with Crippen molar-refractivity contribution in [2.75, 3.05) is 26.3 Å². The van der Waals surface area contributed by atoms with E-state index >= 15 is 0 Å². The Balaban J connectivity index is 1.66. The average molecular weight is 366 g/mol. The van der Waals surface area contributed by atoms with Crippen LogP contribution in [0.2, 0.25) is 0 Å². The summed E-state index contributed by atoms with van der Waals surface area (Å²) in [4.78, 5) is 40.3. The largest absolute Gasteiger partial charge is 0.480 e. The highest BCUT2D eigenvalue weighted by Gasteiger charge is 2.41. The number of carbonyl (C=O) groups excluding carboxylic acids is 2. The summed E-state index contributed by atoms with van der Waals surface area (Å²) in [7, 11) is 0. The summed E-state index contributed by atoms with van der Waals surface area (Å²) >= 11 is 0. The third-order valence-electron chi connectivity index (χ3n) is 5.99. The first kappa shape index (κ1) is 19.1. The summed E-state index contributed by atoms with van der Waals surface area (Å²) in [5, 5.41) is 9.24. The number of rotatable bonds is 5. The lowest BCUT2D eigenvalue weighted by molar-refractivity contribution is -0.149. The molecular formula is C19H30N2O5. The number of hydrogen-bond acceptors (Lipinski definition) is 4. The fourth-order valence-electron chi connectivity index (χ4n) is 4.58. The van der Waals surface area contributed by atoms with Crippen molar-refractivity contribution in [3.05, 3.63) is 0 Å². The summed E-state index contributed by atoms with van der Waals surface area (Å²) in [5.74, 6) is -1.54. The Labute approximate surface area is 154 Å². The number of carboxylic acid groups (broad SMARTS) is 1. The molecule has 3 aliphatic rings. The van der Waals surface area contributed by atoms with Crippen LogP contribution in [0.5, 0.6) is 0 Å². The number of amides is 2. The van der Waals surface area contributed by atoms with Gasteiger partial charge < -0.3 is 19.6 Å². The fourth-order valence-corrected chi connectivity index (χ4v) is 4.58. The lowest BCUT2D eigenvalue weighted by atomic mass is 10.0. The fraction of sp³-hybridized carbons (Fsp3) is 0.842. The van der Waals surface area contributed by atoms with Gasteiger partial charge in [0, 0.05) is 38.3 Å². The summed E-state index contributed by atoms with van der Waals surface area (Å²) < 4.78 is 5.34. The van der Waals surface area contributed by atoms with Crippen LogP contribution in [0.1, 0.15) is 57.8 Å². The molecule has 2 aliphatic heterocycles. The van der Waals surface area contributed by atoms with Crippen LogP contribution in [0.25, 0.3) is 0 Å². The van der Waals surface area contributed by atoms with Crippen LogP contribution in [0.15, 0.2) is 0 Å². The molecule has 0 bridgehead atoms. The number of aliphatic carboxylic acids is 1. The van der Waals surface area contributed by atoms with E-state index in [-0.39, 0.29) is 36.9 Å². The molecule has 2 heterocycles. The van der Waals surface area contributed by atoms with Gasteiger partial charge in [-0.2, -0.15) is 0 Å². The maximum Gasteiger partial charge on any atom is 0.323 e. The second-order valence-corrected chi connectivity index (χ2v) is 7.80. The molecule has 7 nitrogen and oxygen atoms in total. The zero-order valence-corrected chi connectivity index (χ0v) is 15.4. The van der Waals surface area contributed by atoms with E-state index in [2.05, 4.69) is 0 Å². The third-order valence-corrected chi connectivity index (χ3v) is 5.99. The standard InChI is InChI=1S/C19H30N2O5/c22-17-11-14(12-20(17)15-5-3-1-2-4-6-15)19(25)21(13-18(23)24)16-7-9-26-10-8-16/h14-16H,1-13H2,(H,23,24)/t14-/m1/s1. The van der Waals surface area contributed by atoms with E-state index in [1.54, 1.807) is 0 Å². The minimum absolute atomic E-state index is 0.0532. The normalized spacial score (nSPS) is 25.9. The lowest BCUT2D eigenvalue weighted by Crippen LogP contribution is -2.49. The van der Waals surface area contributed by atoms with Gasteiger partial charge in [-0.1, -0.05) is 25.7 Å². The minimum atomic E-state index is -1.00. The summed E-state index contributed by atoms with van der Waals surface area (Å²) in [6.07, 6.45) is 8.29. The Morgan fingerprint density at radius 2 is 1.73 bits per heavy atom. The van der Waals surface area contributed by atoms with Crippen molar-refractivity contribution in [1.29, 1.82) is 0 Å². The van der Waals surface area contributed by atoms with Crippen molar-refractivity contribution in [2.24, 2.45) is 5.92 Å². The second-order valence-electron chi connectivity index (χ2n) is 7.80. The van der Waals surface area contributed by atoms with Gasteiger partial charge in [0.1, 0.15) is 6.54 Å². The van der Waals surface area contributed by atoms with E-state index in [0.29, 0.717) is 32.6 Å². The number of nitrogens with zero attached hydrogens (tertiary/aromatic N) is 2. The first-order chi connectivity index (χ1) is 12.6. The maximum atomic E-state index is 13.1. The summed E-state index contributed by atoms with van der Waals surface area (Å²) in [6.45, 7) is 1.25. The van der Waals surface area contributed by atoms with Gasteiger partial charge in [0.25, 0.3) is 0 Å². The predicted octanol–water partition coefficient (Wildman–Crippen LogP) is 1.65.